The van der Waals surface area contributed by atoms with Crippen molar-refractivity contribution in [3.63, 3.8) is 0 Å². The van der Waals surface area contributed by atoms with Gasteiger partial charge in [0.05, 0.1) is 0 Å². The number of benzene rings is 2. The van der Waals surface area contributed by atoms with Crippen molar-refractivity contribution in [2.45, 2.75) is 39.9 Å². The molecule has 5 nitrogen and oxygen atoms in total. The number of aromatic nitrogens is 2. The summed E-state index contributed by atoms with van der Waals surface area (Å²) in [6, 6.07) is 18.1. The van der Waals surface area contributed by atoms with Gasteiger partial charge in [-0.1, -0.05) is 62.4 Å². The van der Waals surface area contributed by atoms with Gasteiger partial charge in [-0.05, 0) is 30.4 Å². The number of hydrogen-bond acceptors (Lipinski definition) is 5. The molecule has 2 aromatic carbocycles. The predicted molar refractivity (Wildman–Crippen MR) is 104 cm³/mol. The van der Waals surface area contributed by atoms with Crippen LogP contribution >= 0.6 is 0 Å². The molecule has 0 saturated heterocycles. The molecule has 1 aromatic heterocycles. The molecular formula is C22H26N2O3. The Balaban J connectivity index is 1.52. The third-order valence-corrected chi connectivity index (χ3v) is 4.13. The molecule has 27 heavy (non-hydrogen) atoms. The molecule has 3 aromatic rings. The van der Waals surface area contributed by atoms with Gasteiger partial charge in [0.15, 0.2) is 6.61 Å². The fourth-order valence-corrected chi connectivity index (χ4v) is 2.75. The Morgan fingerprint density at radius 2 is 1.59 bits per heavy atom. The molecule has 0 bridgehead atoms. The number of ether oxygens (including phenoxy) is 2. The molecule has 0 fully saturated rings. The summed E-state index contributed by atoms with van der Waals surface area (Å²) in [5.74, 6) is 2.40. The van der Waals surface area contributed by atoms with Crippen molar-refractivity contribution in [3.05, 3.63) is 66.4 Å². The zero-order chi connectivity index (χ0) is 18.9. The minimum absolute atomic E-state index is 0.226. The topological polar surface area (TPSA) is 57.4 Å². The molecule has 0 aliphatic rings. The van der Waals surface area contributed by atoms with Crippen LogP contribution < -0.4 is 4.74 Å². The van der Waals surface area contributed by atoms with Crippen LogP contribution in [0.25, 0.3) is 11.1 Å². The van der Waals surface area contributed by atoms with Gasteiger partial charge < -0.3 is 13.9 Å². The van der Waals surface area contributed by atoms with Crippen molar-refractivity contribution in [1.29, 1.82) is 0 Å². The number of rotatable bonds is 10. The number of para-hydroxylation sites is 1. The second-order valence-electron chi connectivity index (χ2n) is 6.83. The highest BCUT2D eigenvalue weighted by molar-refractivity contribution is 5.70. The molecule has 142 valence electrons. The Kier molecular flexibility index (Phi) is 6.99. The second-order valence-corrected chi connectivity index (χ2v) is 6.83. The highest BCUT2D eigenvalue weighted by atomic mass is 16.5. The maximum Gasteiger partial charge on any atom is 0.253 e. The monoisotopic (exact) mass is 366 g/mol. The van der Waals surface area contributed by atoms with E-state index in [0.717, 1.165) is 29.7 Å². The van der Waals surface area contributed by atoms with Gasteiger partial charge in [-0.3, -0.25) is 0 Å². The number of nitrogens with zero attached hydrogens (tertiary/aromatic N) is 2. The van der Waals surface area contributed by atoms with E-state index >= 15 is 0 Å². The largest absolute Gasteiger partial charge is 0.483 e. The van der Waals surface area contributed by atoms with Crippen molar-refractivity contribution in [2.75, 3.05) is 6.61 Å². The predicted octanol–water partition coefficient (Wildman–Crippen LogP) is 5.27. The summed E-state index contributed by atoms with van der Waals surface area (Å²) in [5.41, 5.74) is 2.14. The molecule has 5 heteroatoms. The summed E-state index contributed by atoms with van der Waals surface area (Å²) < 4.78 is 17.1. The maximum atomic E-state index is 5.92. The summed E-state index contributed by atoms with van der Waals surface area (Å²) in [7, 11) is 0. The molecular weight excluding hydrogens is 340 g/mol. The summed E-state index contributed by atoms with van der Waals surface area (Å²) in [6.07, 6.45) is 2.20. The molecule has 0 unspecified atom stereocenters. The van der Waals surface area contributed by atoms with E-state index in [1.54, 1.807) is 0 Å². The fourth-order valence-electron chi connectivity index (χ4n) is 2.75. The molecule has 0 aliphatic heterocycles. The molecule has 1 heterocycles. The van der Waals surface area contributed by atoms with E-state index in [0.29, 0.717) is 30.9 Å². The normalized spacial score (nSPS) is 11.1. The maximum absolute atomic E-state index is 5.92. The van der Waals surface area contributed by atoms with Gasteiger partial charge >= 0.3 is 0 Å². The molecule has 0 saturated carbocycles. The van der Waals surface area contributed by atoms with Crippen LogP contribution in [-0.2, 0) is 18.0 Å². The molecule has 0 spiro atoms. The first kappa shape index (κ1) is 19.1. The molecule has 0 N–H and O–H groups in total. The van der Waals surface area contributed by atoms with E-state index in [9.17, 15) is 0 Å². The first-order valence-corrected chi connectivity index (χ1v) is 9.38. The Morgan fingerprint density at radius 1 is 0.889 bits per heavy atom. The lowest BCUT2D eigenvalue weighted by Gasteiger charge is -2.10. The van der Waals surface area contributed by atoms with Crippen molar-refractivity contribution in [2.24, 2.45) is 5.92 Å². The zero-order valence-electron chi connectivity index (χ0n) is 15.9. The Hall–Kier alpha value is -2.66. The van der Waals surface area contributed by atoms with E-state index in [1.807, 2.05) is 42.5 Å². The molecule has 0 atom stereocenters. The lowest BCUT2D eigenvalue weighted by Crippen LogP contribution is -1.98. The quantitative estimate of drug-likeness (QED) is 0.458. The SMILES string of the molecule is CC(C)CCCOCc1nnc(COc2ccccc2-c2ccccc2)o1. The van der Waals surface area contributed by atoms with Crippen LogP contribution in [0.2, 0.25) is 0 Å². The van der Waals surface area contributed by atoms with E-state index in [-0.39, 0.29) is 6.61 Å². The second kappa shape index (κ2) is 9.88. The van der Waals surface area contributed by atoms with Crippen LogP contribution in [0.4, 0.5) is 0 Å². The Morgan fingerprint density at radius 3 is 2.37 bits per heavy atom. The van der Waals surface area contributed by atoms with Crippen LogP contribution in [0, 0.1) is 5.92 Å². The highest BCUT2D eigenvalue weighted by Crippen LogP contribution is 2.30. The highest BCUT2D eigenvalue weighted by Gasteiger charge is 2.10. The van der Waals surface area contributed by atoms with Crippen LogP contribution in [0.3, 0.4) is 0 Å². The molecule has 0 radical (unpaired) electrons. The first-order chi connectivity index (χ1) is 13.2. The lowest BCUT2D eigenvalue weighted by atomic mass is 10.1. The van der Waals surface area contributed by atoms with Crippen LogP contribution in [0.5, 0.6) is 5.75 Å². The van der Waals surface area contributed by atoms with E-state index in [4.69, 9.17) is 13.9 Å². The van der Waals surface area contributed by atoms with Crippen molar-refractivity contribution >= 4 is 0 Å². The average Bonchev–Trinajstić information content (AvgIpc) is 3.14. The average molecular weight is 366 g/mol. The minimum Gasteiger partial charge on any atom is -0.483 e. The smallest absolute Gasteiger partial charge is 0.253 e. The third kappa shape index (κ3) is 5.93. The van der Waals surface area contributed by atoms with Crippen LogP contribution in [-0.4, -0.2) is 16.8 Å². The van der Waals surface area contributed by atoms with Gasteiger partial charge in [0.2, 0.25) is 5.89 Å². The number of hydrogen-bond donors (Lipinski definition) is 0. The van der Waals surface area contributed by atoms with E-state index in [2.05, 4.69) is 36.2 Å². The van der Waals surface area contributed by atoms with Gasteiger partial charge in [-0.2, -0.15) is 0 Å². The van der Waals surface area contributed by atoms with Crippen molar-refractivity contribution < 1.29 is 13.9 Å². The first-order valence-electron chi connectivity index (χ1n) is 9.38. The van der Waals surface area contributed by atoms with Gasteiger partial charge in [-0.25, -0.2) is 0 Å². The van der Waals surface area contributed by atoms with E-state index in [1.165, 1.54) is 0 Å². The zero-order valence-corrected chi connectivity index (χ0v) is 15.9. The van der Waals surface area contributed by atoms with Crippen LogP contribution in [0.15, 0.2) is 59.0 Å². The third-order valence-electron chi connectivity index (χ3n) is 4.13. The minimum atomic E-state index is 0.226. The van der Waals surface area contributed by atoms with E-state index < -0.39 is 0 Å². The molecule has 0 amide bonds. The summed E-state index contributed by atoms with van der Waals surface area (Å²) in [4.78, 5) is 0. The van der Waals surface area contributed by atoms with Gasteiger partial charge in [0.1, 0.15) is 12.4 Å². The lowest BCUT2D eigenvalue weighted by molar-refractivity contribution is 0.0952. The van der Waals surface area contributed by atoms with Gasteiger partial charge in [0.25, 0.3) is 5.89 Å². The fraction of sp³-hybridized carbons (Fsp3) is 0.364. The summed E-state index contributed by atoms with van der Waals surface area (Å²) >= 11 is 0. The Bertz CT molecular complexity index is 815. The molecule has 3 rings (SSSR count). The van der Waals surface area contributed by atoms with Gasteiger partial charge in [0, 0.05) is 12.2 Å². The Labute approximate surface area is 160 Å². The van der Waals surface area contributed by atoms with Crippen LogP contribution in [0.1, 0.15) is 38.5 Å². The van der Waals surface area contributed by atoms with Crippen molar-refractivity contribution in [1.82, 2.24) is 10.2 Å². The molecule has 0 aliphatic carbocycles. The summed E-state index contributed by atoms with van der Waals surface area (Å²) in [6.45, 7) is 5.69. The summed E-state index contributed by atoms with van der Waals surface area (Å²) in [5, 5.41) is 8.06. The van der Waals surface area contributed by atoms with Crippen molar-refractivity contribution in [3.8, 4) is 16.9 Å². The van der Waals surface area contributed by atoms with Gasteiger partial charge in [-0.15, -0.1) is 10.2 Å². The standard InChI is InChI=1S/C22H26N2O3/c1-17(2)9-8-14-25-15-21-23-24-22(27-21)16-26-20-13-7-6-12-19(20)18-10-4-3-5-11-18/h3-7,10-13,17H,8-9,14-16H2,1-2H3.